The lowest BCUT2D eigenvalue weighted by atomic mass is 9.95. The van der Waals surface area contributed by atoms with Crippen molar-refractivity contribution in [3.8, 4) is 34.5 Å². The minimum atomic E-state index is -2.33. The molecular formula is C56H73F2N7O6Si. The molecule has 3 aliphatic rings. The number of nitrogens with zero attached hydrogens (tertiary/aromatic N) is 7. The summed E-state index contributed by atoms with van der Waals surface area (Å²) in [7, 11) is 0.850. The fraction of sp³-hybridized carbons (Fsp3) is 0.536. The summed E-state index contributed by atoms with van der Waals surface area (Å²) in [4.78, 5) is 36.9. The first kappa shape index (κ1) is 52.9. The third-order valence-corrected chi connectivity index (χ3v) is 21.1. The standard InChI is InChI=1S/C56H73F2N7O6Si/c1-36(2)72(37(3)4,38(5)6)26-21-45-48(57)20-17-40-27-43(70-35-67-10)28-46(49(40)45)51-50(58)52-47(29-59-51)53(64-31-41-18-19-42(32-64)65(41)55(66)71-56(7,8)9)61-54(60-52)69-34-44(68-11)33-63-24-22-62(23-25-63)30-39-15-13-12-14-16-39/h12-17,20,27-29,36-38,41-42,44H,18-19,22-25,30-35H2,1-11H3. The molecule has 72 heavy (non-hydrogen) atoms. The van der Waals surface area contributed by atoms with Crippen LogP contribution in [0.2, 0.25) is 16.6 Å². The number of anilines is 1. The van der Waals surface area contributed by atoms with Gasteiger partial charge in [-0.15, -0.1) is 5.54 Å². The Labute approximate surface area is 425 Å². The molecule has 2 aromatic heterocycles. The van der Waals surface area contributed by atoms with Gasteiger partial charge in [0, 0.05) is 83.7 Å². The monoisotopic (exact) mass is 1010 g/mol. The van der Waals surface area contributed by atoms with E-state index in [4.69, 9.17) is 38.6 Å². The van der Waals surface area contributed by atoms with Crippen molar-refractivity contribution in [2.75, 3.05) is 78.3 Å². The number of benzene rings is 3. The maximum atomic E-state index is 18.0. The van der Waals surface area contributed by atoms with Gasteiger partial charge < -0.3 is 28.6 Å². The van der Waals surface area contributed by atoms with Crippen molar-refractivity contribution in [2.45, 2.75) is 122 Å². The first-order valence-electron chi connectivity index (χ1n) is 25.6. The molecule has 13 nitrogen and oxygen atoms in total. The number of aromatic nitrogens is 3. The minimum absolute atomic E-state index is 0.0170. The van der Waals surface area contributed by atoms with Crippen LogP contribution in [0.4, 0.5) is 19.4 Å². The lowest BCUT2D eigenvalue weighted by Crippen LogP contribution is -2.57. The molecule has 3 unspecified atom stereocenters. The first-order chi connectivity index (χ1) is 34.4. The molecule has 2 bridgehead atoms. The van der Waals surface area contributed by atoms with Crippen molar-refractivity contribution < 1.29 is 37.3 Å². The number of carbonyl (C=O) groups excluding carboxylic acids is 1. The molecule has 0 saturated carbocycles. The van der Waals surface area contributed by atoms with Crippen LogP contribution in [0.5, 0.6) is 11.8 Å². The Bertz CT molecular complexity index is 2740. The van der Waals surface area contributed by atoms with Crippen LogP contribution in [-0.2, 0) is 20.8 Å². The number of amides is 1. The molecule has 1 amide bonds. The third kappa shape index (κ3) is 11.4. The molecule has 0 aliphatic carbocycles. The zero-order chi connectivity index (χ0) is 51.5. The van der Waals surface area contributed by atoms with Gasteiger partial charge in [-0.2, -0.15) is 9.97 Å². The van der Waals surface area contributed by atoms with Gasteiger partial charge in [-0.05, 0) is 79.4 Å². The summed E-state index contributed by atoms with van der Waals surface area (Å²) in [5, 5.41) is 1.39. The summed E-state index contributed by atoms with van der Waals surface area (Å²) in [6.07, 6.45) is 2.47. The van der Waals surface area contributed by atoms with Crippen molar-refractivity contribution in [3.05, 3.63) is 83.6 Å². The van der Waals surface area contributed by atoms with Crippen LogP contribution in [0, 0.1) is 23.1 Å². The molecule has 0 radical (unpaired) electrons. The number of ether oxygens (including phenoxy) is 5. The van der Waals surface area contributed by atoms with E-state index >= 15 is 8.78 Å². The normalized spacial score (nSPS) is 18.3. The highest BCUT2D eigenvalue weighted by molar-refractivity contribution is 6.90. The SMILES string of the molecule is COCOc1cc(-c2ncc3c(N4CC5CCC(C4)N5C(=O)OC(C)(C)C)nc(OCC(CN4CCN(Cc5ccccc5)CC4)OC)nc3c2F)c2c(C#C[Si](C(C)C)(C(C)C)C(C)C)c(F)ccc2c1. The van der Waals surface area contributed by atoms with Crippen LogP contribution in [0.3, 0.4) is 0 Å². The summed E-state index contributed by atoms with van der Waals surface area (Å²) in [5.41, 5.74) is 5.64. The lowest BCUT2D eigenvalue weighted by Gasteiger charge is -2.42. The van der Waals surface area contributed by atoms with E-state index in [0.29, 0.717) is 69.5 Å². The molecule has 3 fully saturated rings. The molecule has 5 heterocycles. The molecule has 0 N–H and O–H groups in total. The molecule has 8 rings (SSSR count). The van der Waals surface area contributed by atoms with E-state index in [2.05, 4.69) is 92.0 Å². The van der Waals surface area contributed by atoms with E-state index < -0.39 is 25.3 Å². The average Bonchev–Trinajstić information content (AvgIpc) is 3.61. The zero-order valence-corrected chi connectivity index (χ0v) is 45.1. The van der Waals surface area contributed by atoms with Crippen LogP contribution in [-0.4, -0.2) is 141 Å². The highest BCUT2D eigenvalue weighted by atomic mass is 28.3. The Morgan fingerprint density at radius 3 is 2.15 bits per heavy atom. The van der Waals surface area contributed by atoms with Gasteiger partial charge in [-0.25, -0.2) is 13.6 Å². The predicted molar refractivity (Wildman–Crippen MR) is 282 cm³/mol. The van der Waals surface area contributed by atoms with Gasteiger partial charge in [0.1, 0.15) is 55.0 Å². The van der Waals surface area contributed by atoms with Gasteiger partial charge >= 0.3 is 12.1 Å². The second-order valence-corrected chi connectivity index (χ2v) is 27.2. The second-order valence-electron chi connectivity index (χ2n) is 21.6. The molecule has 3 saturated heterocycles. The fourth-order valence-electron chi connectivity index (χ4n) is 11.4. The molecule has 3 atom stereocenters. The van der Waals surface area contributed by atoms with Crippen molar-refractivity contribution >= 4 is 41.7 Å². The van der Waals surface area contributed by atoms with Crippen LogP contribution >= 0.6 is 0 Å². The van der Waals surface area contributed by atoms with E-state index in [-0.39, 0.29) is 60.5 Å². The maximum Gasteiger partial charge on any atom is 0.410 e. The van der Waals surface area contributed by atoms with Gasteiger partial charge in [-0.1, -0.05) is 83.9 Å². The Hall–Kier alpha value is -5.44. The number of pyridine rings is 1. The Morgan fingerprint density at radius 2 is 1.53 bits per heavy atom. The molecule has 386 valence electrons. The summed E-state index contributed by atoms with van der Waals surface area (Å²) < 4.78 is 64.0. The molecule has 3 aliphatic heterocycles. The number of methoxy groups -OCH3 is 2. The van der Waals surface area contributed by atoms with Crippen LogP contribution in [0.25, 0.3) is 32.9 Å². The zero-order valence-electron chi connectivity index (χ0n) is 44.1. The van der Waals surface area contributed by atoms with E-state index in [0.717, 1.165) is 45.6 Å². The maximum absolute atomic E-state index is 18.0. The van der Waals surface area contributed by atoms with Crippen molar-refractivity contribution in [3.63, 3.8) is 0 Å². The Balaban J connectivity index is 1.19. The van der Waals surface area contributed by atoms with Gasteiger partial charge in [0.2, 0.25) is 0 Å². The summed E-state index contributed by atoms with van der Waals surface area (Å²) >= 11 is 0. The number of carbonyl (C=O) groups is 1. The van der Waals surface area contributed by atoms with Gasteiger partial charge in [0.05, 0.1) is 23.0 Å². The minimum Gasteiger partial charge on any atom is -0.468 e. The molecule has 0 spiro atoms. The van der Waals surface area contributed by atoms with Crippen LogP contribution < -0.4 is 14.4 Å². The highest BCUT2D eigenvalue weighted by Crippen LogP contribution is 2.43. The Morgan fingerprint density at radius 1 is 0.861 bits per heavy atom. The van der Waals surface area contributed by atoms with Crippen molar-refractivity contribution in [2.24, 2.45) is 0 Å². The quantitative estimate of drug-likeness (QED) is 0.0533. The second kappa shape index (κ2) is 22.4. The van der Waals surface area contributed by atoms with E-state index in [1.54, 1.807) is 31.5 Å². The molecule has 3 aromatic carbocycles. The van der Waals surface area contributed by atoms with Gasteiger partial charge in [-0.3, -0.25) is 19.7 Å². The number of fused-ring (bicyclic) bond motifs is 4. The topological polar surface area (TPSA) is 115 Å². The van der Waals surface area contributed by atoms with Crippen LogP contribution in [0.1, 0.15) is 86.3 Å². The molecule has 16 heteroatoms. The first-order valence-corrected chi connectivity index (χ1v) is 27.8. The molecular weight excluding hydrogens is 933 g/mol. The predicted octanol–water partition coefficient (Wildman–Crippen LogP) is 10.5. The summed E-state index contributed by atoms with van der Waals surface area (Å²) in [6.45, 7) is 24.9. The number of hydrogen-bond acceptors (Lipinski definition) is 12. The summed E-state index contributed by atoms with van der Waals surface area (Å²) in [5.74, 6) is 2.93. The fourth-order valence-corrected chi connectivity index (χ4v) is 16.6. The highest BCUT2D eigenvalue weighted by Gasteiger charge is 2.45. The number of halogens is 2. The van der Waals surface area contributed by atoms with Crippen LogP contribution in [0.15, 0.2) is 60.8 Å². The number of hydrogen-bond donors (Lipinski definition) is 0. The largest absolute Gasteiger partial charge is 0.468 e. The average molecular weight is 1010 g/mol. The van der Waals surface area contributed by atoms with E-state index in [9.17, 15) is 4.79 Å². The van der Waals surface area contributed by atoms with E-state index in [1.165, 1.54) is 18.7 Å². The van der Waals surface area contributed by atoms with Gasteiger partial charge in [0.15, 0.2) is 12.6 Å². The van der Waals surface area contributed by atoms with Gasteiger partial charge in [0.25, 0.3) is 0 Å². The number of piperazine rings is 2. The van der Waals surface area contributed by atoms with Crippen molar-refractivity contribution in [1.82, 2.24) is 29.7 Å². The Kier molecular flexibility index (Phi) is 16.4. The smallest absolute Gasteiger partial charge is 0.410 e. The summed E-state index contributed by atoms with van der Waals surface area (Å²) in [6, 6.07) is 16.7. The lowest BCUT2D eigenvalue weighted by molar-refractivity contribution is 0.0121. The van der Waals surface area contributed by atoms with Crippen molar-refractivity contribution in [1.29, 1.82) is 0 Å². The van der Waals surface area contributed by atoms with E-state index in [1.807, 2.05) is 31.7 Å². The molecule has 5 aromatic rings. The number of rotatable bonds is 16. The third-order valence-electron chi connectivity index (χ3n) is 14.8.